The molecule has 2 heterocycles. The van der Waals surface area contributed by atoms with Crippen LogP contribution < -0.4 is 5.32 Å². The van der Waals surface area contributed by atoms with Crippen LogP contribution in [0.2, 0.25) is 0 Å². The molecule has 1 unspecified atom stereocenters. The predicted molar refractivity (Wildman–Crippen MR) is 66.2 cm³/mol. The van der Waals surface area contributed by atoms with Crippen molar-refractivity contribution >= 4 is 11.5 Å². The van der Waals surface area contributed by atoms with Gasteiger partial charge < -0.3 is 15.3 Å². The molecule has 0 spiro atoms. The molecule has 2 aromatic heterocycles. The molecule has 2 rings (SSSR count). The molecule has 0 saturated heterocycles. The lowest BCUT2D eigenvalue weighted by Gasteiger charge is -2.27. The SMILES string of the molecule is CN(C)CC(C)(O)CNc1cncc2nnnn12. The van der Waals surface area contributed by atoms with E-state index < -0.39 is 5.60 Å². The van der Waals surface area contributed by atoms with Gasteiger partial charge in [0.25, 0.3) is 0 Å². The first kappa shape index (κ1) is 12.7. The monoisotopic (exact) mass is 251 g/mol. The van der Waals surface area contributed by atoms with Crippen molar-refractivity contribution in [2.75, 3.05) is 32.5 Å². The normalized spacial score (nSPS) is 14.9. The van der Waals surface area contributed by atoms with Gasteiger partial charge in [0, 0.05) is 13.1 Å². The lowest BCUT2D eigenvalue weighted by atomic mass is 10.1. The maximum absolute atomic E-state index is 10.2. The second-order valence-electron chi connectivity index (χ2n) is 4.83. The summed E-state index contributed by atoms with van der Waals surface area (Å²) in [5, 5.41) is 24.5. The third kappa shape index (κ3) is 2.90. The Balaban J connectivity index is 2.08. The van der Waals surface area contributed by atoms with Gasteiger partial charge in [-0.2, -0.15) is 4.52 Å². The fraction of sp³-hybridized carbons (Fsp3) is 0.600. The number of nitrogens with zero attached hydrogens (tertiary/aromatic N) is 6. The molecular weight excluding hydrogens is 234 g/mol. The fourth-order valence-corrected chi connectivity index (χ4v) is 1.81. The van der Waals surface area contributed by atoms with Crippen LogP contribution in [0.3, 0.4) is 0 Å². The summed E-state index contributed by atoms with van der Waals surface area (Å²) in [7, 11) is 3.83. The van der Waals surface area contributed by atoms with E-state index in [1.807, 2.05) is 19.0 Å². The minimum Gasteiger partial charge on any atom is -0.387 e. The number of aromatic nitrogens is 5. The summed E-state index contributed by atoms with van der Waals surface area (Å²) < 4.78 is 1.54. The van der Waals surface area contributed by atoms with Crippen molar-refractivity contribution in [3.63, 3.8) is 0 Å². The number of tetrazole rings is 1. The number of anilines is 1. The van der Waals surface area contributed by atoms with Gasteiger partial charge in [-0.15, -0.1) is 5.10 Å². The maximum atomic E-state index is 10.2. The fourth-order valence-electron chi connectivity index (χ4n) is 1.81. The largest absolute Gasteiger partial charge is 0.387 e. The van der Waals surface area contributed by atoms with Gasteiger partial charge in [-0.1, -0.05) is 0 Å². The summed E-state index contributed by atoms with van der Waals surface area (Å²) in [6, 6.07) is 0. The molecule has 0 amide bonds. The lowest BCUT2D eigenvalue weighted by Crippen LogP contribution is -2.43. The van der Waals surface area contributed by atoms with Gasteiger partial charge in [-0.05, 0) is 31.4 Å². The maximum Gasteiger partial charge on any atom is 0.199 e. The molecule has 0 radical (unpaired) electrons. The minimum atomic E-state index is -0.848. The van der Waals surface area contributed by atoms with Crippen molar-refractivity contribution in [3.8, 4) is 0 Å². The molecule has 8 heteroatoms. The summed E-state index contributed by atoms with van der Waals surface area (Å²) in [5.41, 5.74) is -0.285. The van der Waals surface area contributed by atoms with Crippen molar-refractivity contribution in [2.45, 2.75) is 12.5 Å². The molecular formula is C10H17N7O. The highest BCUT2D eigenvalue weighted by Gasteiger charge is 2.21. The molecule has 1 atom stereocenters. The van der Waals surface area contributed by atoms with Crippen LogP contribution in [-0.4, -0.2) is 67.8 Å². The second-order valence-corrected chi connectivity index (χ2v) is 4.83. The molecule has 2 N–H and O–H groups in total. The minimum absolute atomic E-state index is 0.381. The Morgan fingerprint density at radius 2 is 2.22 bits per heavy atom. The highest BCUT2D eigenvalue weighted by Crippen LogP contribution is 2.09. The number of aliphatic hydroxyl groups is 1. The van der Waals surface area contributed by atoms with E-state index in [-0.39, 0.29) is 0 Å². The zero-order valence-corrected chi connectivity index (χ0v) is 10.7. The number of nitrogens with one attached hydrogen (secondary N) is 1. The summed E-state index contributed by atoms with van der Waals surface area (Å²) in [6.45, 7) is 2.71. The van der Waals surface area contributed by atoms with Crippen LogP contribution in [0, 0.1) is 0 Å². The molecule has 0 fully saturated rings. The van der Waals surface area contributed by atoms with E-state index >= 15 is 0 Å². The molecule has 0 bridgehead atoms. The molecule has 0 saturated carbocycles. The summed E-state index contributed by atoms with van der Waals surface area (Å²) in [6.07, 6.45) is 3.19. The first-order valence-electron chi connectivity index (χ1n) is 5.61. The number of hydrogen-bond donors (Lipinski definition) is 2. The van der Waals surface area contributed by atoms with Gasteiger partial charge in [-0.25, -0.2) is 0 Å². The molecule has 8 nitrogen and oxygen atoms in total. The number of hydrogen-bond acceptors (Lipinski definition) is 7. The summed E-state index contributed by atoms with van der Waals surface area (Å²) in [5.74, 6) is 0.650. The quantitative estimate of drug-likeness (QED) is 0.722. The third-order valence-corrected chi connectivity index (χ3v) is 2.42. The highest BCUT2D eigenvalue weighted by molar-refractivity contribution is 5.43. The third-order valence-electron chi connectivity index (χ3n) is 2.42. The van der Waals surface area contributed by atoms with E-state index in [0.717, 1.165) is 0 Å². The molecule has 98 valence electrons. The zero-order chi connectivity index (χ0) is 13.2. The highest BCUT2D eigenvalue weighted by atomic mass is 16.3. The van der Waals surface area contributed by atoms with Crippen LogP contribution in [0.4, 0.5) is 5.82 Å². The molecule has 2 aromatic rings. The van der Waals surface area contributed by atoms with Crippen molar-refractivity contribution in [2.24, 2.45) is 0 Å². The molecule has 0 aliphatic rings. The van der Waals surface area contributed by atoms with E-state index in [1.54, 1.807) is 23.8 Å². The van der Waals surface area contributed by atoms with E-state index in [9.17, 15) is 5.11 Å². The Morgan fingerprint density at radius 1 is 1.44 bits per heavy atom. The van der Waals surface area contributed by atoms with Crippen LogP contribution in [0.25, 0.3) is 5.65 Å². The Labute approximate surface area is 105 Å². The molecule has 18 heavy (non-hydrogen) atoms. The Bertz CT molecular complexity index is 522. The van der Waals surface area contributed by atoms with E-state index in [0.29, 0.717) is 24.6 Å². The Morgan fingerprint density at radius 3 is 2.94 bits per heavy atom. The van der Waals surface area contributed by atoms with Crippen LogP contribution in [0.5, 0.6) is 0 Å². The second kappa shape index (κ2) is 4.83. The van der Waals surface area contributed by atoms with Crippen LogP contribution in [0.15, 0.2) is 12.4 Å². The Kier molecular flexibility index (Phi) is 3.39. The average molecular weight is 251 g/mol. The molecule has 0 aliphatic carbocycles. The van der Waals surface area contributed by atoms with Crippen molar-refractivity contribution in [3.05, 3.63) is 12.4 Å². The lowest BCUT2D eigenvalue weighted by molar-refractivity contribution is 0.0458. The van der Waals surface area contributed by atoms with E-state index in [2.05, 4.69) is 25.8 Å². The molecule has 0 aliphatic heterocycles. The van der Waals surface area contributed by atoms with E-state index in [1.165, 1.54) is 0 Å². The average Bonchev–Trinajstić information content (AvgIpc) is 2.72. The standard InChI is InChI=1S/C10H17N7O/c1-10(18,7-16(2)3)6-12-8-4-11-5-9-13-14-15-17(8)9/h4-5,12,18H,6-7H2,1-3H3. The predicted octanol–water partition coefficient (Wildman–Crippen LogP) is -0.756. The van der Waals surface area contributed by atoms with Gasteiger partial charge in [0.15, 0.2) is 11.5 Å². The van der Waals surface area contributed by atoms with Crippen LogP contribution >= 0.6 is 0 Å². The first-order valence-corrected chi connectivity index (χ1v) is 5.61. The molecule has 0 aromatic carbocycles. The number of likely N-dealkylation sites (N-methyl/N-ethyl adjacent to an activating group) is 1. The van der Waals surface area contributed by atoms with Gasteiger partial charge in [-0.3, -0.25) is 4.98 Å². The Hall–Kier alpha value is -1.80. The number of fused-ring (bicyclic) bond motifs is 1. The van der Waals surface area contributed by atoms with Gasteiger partial charge in [0.2, 0.25) is 0 Å². The van der Waals surface area contributed by atoms with Crippen LogP contribution in [-0.2, 0) is 0 Å². The van der Waals surface area contributed by atoms with Gasteiger partial charge in [0.1, 0.15) is 0 Å². The zero-order valence-electron chi connectivity index (χ0n) is 10.7. The summed E-state index contributed by atoms with van der Waals surface area (Å²) >= 11 is 0. The van der Waals surface area contributed by atoms with Crippen molar-refractivity contribution in [1.29, 1.82) is 0 Å². The smallest absolute Gasteiger partial charge is 0.199 e. The van der Waals surface area contributed by atoms with Crippen LogP contribution in [0.1, 0.15) is 6.92 Å². The van der Waals surface area contributed by atoms with E-state index in [4.69, 9.17) is 0 Å². The first-order chi connectivity index (χ1) is 8.48. The van der Waals surface area contributed by atoms with Crippen molar-refractivity contribution in [1.82, 2.24) is 29.9 Å². The van der Waals surface area contributed by atoms with Crippen molar-refractivity contribution < 1.29 is 5.11 Å². The number of rotatable bonds is 5. The topological polar surface area (TPSA) is 91.5 Å². The van der Waals surface area contributed by atoms with Gasteiger partial charge >= 0.3 is 0 Å². The summed E-state index contributed by atoms with van der Waals surface area (Å²) in [4.78, 5) is 5.96. The van der Waals surface area contributed by atoms with Gasteiger partial charge in [0.05, 0.1) is 18.0 Å².